The van der Waals surface area contributed by atoms with Crippen molar-refractivity contribution in [3.63, 3.8) is 0 Å². The highest BCUT2D eigenvalue weighted by molar-refractivity contribution is 7.17. The number of pyridine rings is 1. The molecule has 1 aliphatic rings. The number of carbonyl (C=O) groups is 2. The summed E-state index contributed by atoms with van der Waals surface area (Å²) in [6, 6.07) is 13.5. The Balaban J connectivity index is 1.47. The fourth-order valence-electron chi connectivity index (χ4n) is 4.16. The van der Waals surface area contributed by atoms with E-state index in [9.17, 15) is 14.7 Å². The first kappa shape index (κ1) is 23.1. The third-order valence-electron chi connectivity index (χ3n) is 5.86. The van der Waals surface area contributed by atoms with Gasteiger partial charge in [-0.3, -0.25) is 14.6 Å². The number of hydrogen-bond donors (Lipinski definition) is 1. The molecule has 0 aliphatic carbocycles. The summed E-state index contributed by atoms with van der Waals surface area (Å²) >= 11 is 1.37. The number of benzene rings is 1. The first-order chi connectivity index (χ1) is 16.1. The van der Waals surface area contributed by atoms with Gasteiger partial charge in [-0.2, -0.15) is 0 Å². The molecule has 1 atom stereocenters. The zero-order valence-corrected chi connectivity index (χ0v) is 19.5. The summed E-state index contributed by atoms with van der Waals surface area (Å²) < 4.78 is 0. The Bertz CT molecular complexity index is 1090. The van der Waals surface area contributed by atoms with Crippen LogP contribution in [0.3, 0.4) is 0 Å². The van der Waals surface area contributed by atoms with Crippen LogP contribution in [0.4, 0.5) is 0 Å². The molecule has 1 unspecified atom stereocenters. The van der Waals surface area contributed by atoms with E-state index in [0.29, 0.717) is 30.2 Å². The SMILES string of the molecule is Cc1nc(-c2cccnc2)sc1C(=O)N1CCCC(C(=O)N(CCO)Cc2ccccc2)C1. The molecular weight excluding hydrogens is 436 g/mol. The van der Waals surface area contributed by atoms with Crippen LogP contribution < -0.4 is 0 Å². The molecule has 3 aromatic rings. The minimum atomic E-state index is -0.274. The molecule has 3 heterocycles. The number of aliphatic hydroxyl groups is 1. The summed E-state index contributed by atoms with van der Waals surface area (Å²) in [6.07, 6.45) is 4.96. The molecule has 7 nitrogen and oxygen atoms in total. The number of rotatable bonds is 7. The van der Waals surface area contributed by atoms with E-state index in [1.165, 1.54) is 11.3 Å². The maximum atomic E-state index is 13.3. The van der Waals surface area contributed by atoms with Crippen molar-refractivity contribution in [2.75, 3.05) is 26.2 Å². The summed E-state index contributed by atoms with van der Waals surface area (Å²) in [5.41, 5.74) is 2.60. The van der Waals surface area contributed by atoms with Crippen molar-refractivity contribution in [1.29, 1.82) is 0 Å². The molecule has 2 aromatic heterocycles. The Labute approximate surface area is 197 Å². The normalized spacial score (nSPS) is 15.9. The average molecular weight is 465 g/mol. The van der Waals surface area contributed by atoms with Gasteiger partial charge < -0.3 is 14.9 Å². The van der Waals surface area contributed by atoms with Gasteiger partial charge >= 0.3 is 0 Å². The molecule has 1 aromatic carbocycles. The largest absolute Gasteiger partial charge is 0.395 e. The lowest BCUT2D eigenvalue weighted by Gasteiger charge is -2.35. The highest BCUT2D eigenvalue weighted by Crippen LogP contribution is 2.30. The molecule has 1 N–H and O–H groups in total. The molecule has 2 amide bonds. The van der Waals surface area contributed by atoms with Gasteiger partial charge in [0.25, 0.3) is 5.91 Å². The van der Waals surface area contributed by atoms with Gasteiger partial charge in [-0.1, -0.05) is 30.3 Å². The van der Waals surface area contributed by atoms with Gasteiger partial charge in [0.1, 0.15) is 9.88 Å². The van der Waals surface area contributed by atoms with Crippen molar-refractivity contribution in [3.05, 3.63) is 71.0 Å². The zero-order chi connectivity index (χ0) is 23.2. The third-order valence-corrected chi connectivity index (χ3v) is 7.05. The lowest BCUT2D eigenvalue weighted by atomic mass is 9.96. The van der Waals surface area contributed by atoms with E-state index in [2.05, 4.69) is 9.97 Å². The maximum Gasteiger partial charge on any atom is 0.265 e. The average Bonchev–Trinajstić information content (AvgIpc) is 3.25. The first-order valence-corrected chi connectivity index (χ1v) is 12.0. The lowest BCUT2D eigenvalue weighted by Crippen LogP contribution is -2.47. The van der Waals surface area contributed by atoms with Crippen molar-refractivity contribution in [1.82, 2.24) is 19.8 Å². The summed E-state index contributed by atoms with van der Waals surface area (Å²) in [7, 11) is 0. The van der Waals surface area contributed by atoms with Crippen LogP contribution in [0, 0.1) is 12.8 Å². The predicted molar refractivity (Wildman–Crippen MR) is 128 cm³/mol. The van der Waals surface area contributed by atoms with Crippen LogP contribution in [0.2, 0.25) is 0 Å². The molecule has 1 aliphatic heterocycles. The molecule has 0 spiro atoms. The number of thiazole rings is 1. The second-order valence-electron chi connectivity index (χ2n) is 8.23. The molecule has 172 valence electrons. The maximum absolute atomic E-state index is 13.3. The fraction of sp³-hybridized carbons (Fsp3) is 0.360. The molecule has 4 rings (SSSR count). The molecule has 1 saturated heterocycles. The van der Waals surface area contributed by atoms with Crippen LogP contribution in [-0.4, -0.2) is 62.9 Å². The Kier molecular flexibility index (Phi) is 7.47. The number of hydrogen-bond acceptors (Lipinski definition) is 6. The van der Waals surface area contributed by atoms with Gasteiger partial charge in [0.05, 0.1) is 18.2 Å². The van der Waals surface area contributed by atoms with E-state index < -0.39 is 0 Å². The number of amides is 2. The fourth-order valence-corrected chi connectivity index (χ4v) is 5.19. The Morgan fingerprint density at radius 3 is 2.76 bits per heavy atom. The van der Waals surface area contributed by atoms with Crippen LogP contribution in [0.25, 0.3) is 10.6 Å². The van der Waals surface area contributed by atoms with Gasteiger partial charge in [-0.25, -0.2) is 4.98 Å². The highest BCUT2D eigenvalue weighted by atomic mass is 32.1. The Morgan fingerprint density at radius 1 is 1.21 bits per heavy atom. The smallest absolute Gasteiger partial charge is 0.265 e. The molecule has 1 fully saturated rings. The van der Waals surface area contributed by atoms with Gasteiger partial charge in [-0.05, 0) is 37.5 Å². The van der Waals surface area contributed by atoms with E-state index >= 15 is 0 Å². The zero-order valence-electron chi connectivity index (χ0n) is 18.7. The van der Waals surface area contributed by atoms with Crippen molar-refractivity contribution >= 4 is 23.2 Å². The molecule has 33 heavy (non-hydrogen) atoms. The van der Waals surface area contributed by atoms with E-state index in [1.807, 2.05) is 49.4 Å². The monoisotopic (exact) mass is 464 g/mol. The summed E-state index contributed by atoms with van der Waals surface area (Å²) in [5.74, 6) is -0.360. The van der Waals surface area contributed by atoms with Gasteiger partial charge in [-0.15, -0.1) is 11.3 Å². The highest BCUT2D eigenvalue weighted by Gasteiger charge is 2.33. The number of aryl methyl sites for hydroxylation is 1. The number of nitrogens with zero attached hydrogens (tertiary/aromatic N) is 4. The van der Waals surface area contributed by atoms with Gasteiger partial charge in [0.15, 0.2) is 0 Å². The van der Waals surface area contributed by atoms with Crippen LogP contribution in [-0.2, 0) is 11.3 Å². The second-order valence-corrected chi connectivity index (χ2v) is 9.23. The van der Waals surface area contributed by atoms with Crippen molar-refractivity contribution in [3.8, 4) is 10.6 Å². The summed E-state index contributed by atoms with van der Waals surface area (Å²) in [4.78, 5) is 39.5. The minimum absolute atomic E-state index is 0.0116. The topological polar surface area (TPSA) is 86.6 Å². The van der Waals surface area contributed by atoms with Crippen LogP contribution >= 0.6 is 11.3 Å². The Morgan fingerprint density at radius 2 is 2.03 bits per heavy atom. The van der Waals surface area contributed by atoms with Crippen molar-refractivity contribution in [2.45, 2.75) is 26.3 Å². The third kappa shape index (κ3) is 5.46. The number of piperidine rings is 1. The lowest BCUT2D eigenvalue weighted by molar-refractivity contribution is -0.138. The summed E-state index contributed by atoms with van der Waals surface area (Å²) in [6.45, 7) is 3.49. The summed E-state index contributed by atoms with van der Waals surface area (Å²) in [5, 5.41) is 10.3. The molecular formula is C25H28N4O3S. The molecule has 8 heteroatoms. The second kappa shape index (κ2) is 10.7. The number of aromatic nitrogens is 2. The number of carbonyl (C=O) groups excluding carboxylic acids is 2. The molecule has 0 radical (unpaired) electrons. The Hall–Kier alpha value is -3.10. The van der Waals surface area contributed by atoms with E-state index in [4.69, 9.17) is 0 Å². The van der Waals surface area contributed by atoms with Gasteiger partial charge in [0, 0.05) is 44.1 Å². The minimum Gasteiger partial charge on any atom is -0.395 e. The van der Waals surface area contributed by atoms with Crippen molar-refractivity contribution in [2.24, 2.45) is 5.92 Å². The molecule has 0 saturated carbocycles. The number of likely N-dealkylation sites (tertiary alicyclic amines) is 1. The number of aliphatic hydroxyl groups excluding tert-OH is 1. The van der Waals surface area contributed by atoms with Crippen LogP contribution in [0.15, 0.2) is 54.9 Å². The predicted octanol–water partition coefficient (Wildman–Crippen LogP) is 3.39. The van der Waals surface area contributed by atoms with E-state index in [1.54, 1.807) is 22.2 Å². The van der Waals surface area contributed by atoms with Crippen molar-refractivity contribution < 1.29 is 14.7 Å². The van der Waals surface area contributed by atoms with E-state index in [-0.39, 0.29) is 30.9 Å². The standard InChI is InChI=1S/C25H28N4O3S/c1-18-22(33-23(27-18)20-9-5-11-26-15-20)25(32)28-12-6-10-21(17-28)24(31)29(13-14-30)16-19-7-3-2-4-8-19/h2-5,7-9,11,15,21,30H,6,10,12-14,16-17H2,1H3. The van der Waals surface area contributed by atoms with Gasteiger partial charge in [0.2, 0.25) is 5.91 Å². The first-order valence-electron chi connectivity index (χ1n) is 11.2. The molecule has 0 bridgehead atoms. The van der Waals surface area contributed by atoms with E-state index in [0.717, 1.165) is 29.0 Å². The quantitative estimate of drug-likeness (QED) is 0.579. The van der Waals surface area contributed by atoms with Crippen LogP contribution in [0.5, 0.6) is 0 Å². The van der Waals surface area contributed by atoms with Crippen LogP contribution in [0.1, 0.15) is 33.8 Å².